The number of aromatic amines is 1. The lowest BCUT2D eigenvalue weighted by molar-refractivity contribution is -0.142. The number of para-hydroxylation sites is 2. The minimum absolute atomic E-state index is 0.0979. The average Bonchev–Trinajstić information content (AvgIpc) is 3.98. The van der Waals surface area contributed by atoms with Crippen LogP contribution in [0.1, 0.15) is 76.7 Å². The SMILES string of the molecule is CC1(S(=O)(=O)NC(=O)[C@]23CC(=O)[C@@H]4C[C@@H](Oc5nc6ccccc6[nH]5)CN4C(=O)[C@@H](Cc4ccc(-c5ccccc5)cc4)CCCCC/C=C\[C@@H]2C3)CC1. The zero-order valence-electron chi connectivity index (χ0n) is 30.7. The molecule has 54 heavy (non-hydrogen) atoms. The van der Waals surface area contributed by atoms with E-state index in [0.717, 1.165) is 53.4 Å². The fraction of sp³-hybridized carbons (Fsp3) is 0.442. The molecule has 3 fully saturated rings. The maximum absolute atomic E-state index is 14.8. The van der Waals surface area contributed by atoms with Crippen LogP contribution < -0.4 is 9.46 Å². The van der Waals surface area contributed by atoms with Crippen LogP contribution >= 0.6 is 0 Å². The van der Waals surface area contributed by atoms with Gasteiger partial charge in [0.1, 0.15) is 6.10 Å². The van der Waals surface area contributed by atoms with Crippen LogP contribution in [0, 0.1) is 17.3 Å². The summed E-state index contributed by atoms with van der Waals surface area (Å²) < 4.78 is 34.1. The minimum Gasteiger partial charge on any atom is -0.459 e. The van der Waals surface area contributed by atoms with Crippen LogP contribution in [0.2, 0.25) is 0 Å². The molecule has 2 aliphatic heterocycles. The molecule has 4 aliphatic rings. The van der Waals surface area contributed by atoms with Crippen molar-refractivity contribution in [1.29, 1.82) is 0 Å². The number of Topliss-reactive ketones (excluding diaryl/α,β-unsaturated/α-hetero) is 1. The Morgan fingerprint density at radius 3 is 2.46 bits per heavy atom. The number of rotatable bonds is 8. The Bertz CT molecular complexity index is 2140. The minimum atomic E-state index is -3.90. The molecule has 0 radical (unpaired) electrons. The monoisotopic (exact) mass is 748 g/mol. The summed E-state index contributed by atoms with van der Waals surface area (Å²) in [7, 11) is -3.90. The van der Waals surface area contributed by atoms with E-state index < -0.39 is 38.2 Å². The van der Waals surface area contributed by atoms with E-state index in [2.05, 4.69) is 57.2 Å². The van der Waals surface area contributed by atoms with Gasteiger partial charge in [0.05, 0.1) is 33.8 Å². The number of hydrogen-bond acceptors (Lipinski definition) is 7. The second-order valence-electron chi connectivity index (χ2n) is 16.1. The van der Waals surface area contributed by atoms with Gasteiger partial charge < -0.3 is 14.6 Å². The number of nitrogens with zero attached hydrogens (tertiary/aromatic N) is 2. The second kappa shape index (κ2) is 14.5. The Labute approximate surface area is 316 Å². The van der Waals surface area contributed by atoms with Gasteiger partial charge in [0.2, 0.25) is 21.8 Å². The number of ether oxygens (including phenoxy) is 1. The highest BCUT2D eigenvalue weighted by Crippen LogP contribution is 2.57. The number of fused-ring (bicyclic) bond motifs is 3. The molecular weight excluding hydrogens is 701 g/mol. The molecular formula is C43H48N4O6S. The molecule has 11 heteroatoms. The van der Waals surface area contributed by atoms with Gasteiger partial charge in [0, 0.05) is 18.8 Å². The number of aromatic nitrogens is 2. The first-order valence-corrected chi connectivity index (χ1v) is 20.8. The first-order chi connectivity index (χ1) is 26.0. The molecule has 0 spiro atoms. The lowest BCUT2D eigenvalue weighted by atomic mass is 9.89. The lowest BCUT2D eigenvalue weighted by Gasteiger charge is -2.29. The van der Waals surface area contributed by atoms with Crippen molar-refractivity contribution >= 4 is 38.7 Å². The van der Waals surface area contributed by atoms with Gasteiger partial charge in [-0.2, -0.15) is 4.98 Å². The van der Waals surface area contributed by atoms with Gasteiger partial charge in [-0.15, -0.1) is 0 Å². The summed E-state index contributed by atoms with van der Waals surface area (Å²) in [5.41, 5.74) is 3.67. The van der Waals surface area contributed by atoms with Crippen molar-refractivity contribution in [3.8, 4) is 17.1 Å². The van der Waals surface area contributed by atoms with Crippen LogP contribution in [0.4, 0.5) is 0 Å². The summed E-state index contributed by atoms with van der Waals surface area (Å²) in [5, 5.41) is 0. The summed E-state index contributed by atoms with van der Waals surface area (Å²) >= 11 is 0. The van der Waals surface area contributed by atoms with E-state index >= 15 is 0 Å². The van der Waals surface area contributed by atoms with E-state index in [0.29, 0.717) is 38.1 Å². The molecule has 4 aromatic rings. The van der Waals surface area contributed by atoms with E-state index in [9.17, 15) is 22.8 Å². The molecule has 1 saturated heterocycles. The molecule has 10 nitrogen and oxygen atoms in total. The van der Waals surface area contributed by atoms with Crippen molar-refractivity contribution in [2.45, 2.75) is 94.4 Å². The van der Waals surface area contributed by atoms with Crippen LogP contribution in [0.3, 0.4) is 0 Å². The Morgan fingerprint density at radius 1 is 0.963 bits per heavy atom. The molecule has 5 atom stereocenters. The van der Waals surface area contributed by atoms with Gasteiger partial charge in [0.15, 0.2) is 5.78 Å². The topological polar surface area (TPSA) is 139 Å². The number of sulfonamides is 1. The third-order valence-electron chi connectivity index (χ3n) is 12.2. The number of allylic oxidation sites excluding steroid dienone is 2. The Hall–Kier alpha value is -4.77. The molecule has 3 heterocycles. The van der Waals surface area contributed by atoms with Gasteiger partial charge >= 0.3 is 0 Å². The number of benzene rings is 3. The molecule has 8 rings (SSSR count). The third-order valence-corrected chi connectivity index (χ3v) is 14.3. The highest BCUT2D eigenvalue weighted by Gasteiger charge is 2.62. The Balaban J connectivity index is 1.08. The summed E-state index contributed by atoms with van der Waals surface area (Å²) in [6.07, 6.45) is 9.77. The Morgan fingerprint density at radius 2 is 1.70 bits per heavy atom. The van der Waals surface area contributed by atoms with Crippen LogP contribution in [-0.4, -0.2) is 64.3 Å². The van der Waals surface area contributed by atoms with Crippen LogP contribution in [-0.2, 0) is 30.8 Å². The third kappa shape index (κ3) is 7.34. The number of H-pyrrole nitrogens is 1. The van der Waals surface area contributed by atoms with E-state index in [1.165, 1.54) is 0 Å². The summed E-state index contributed by atoms with van der Waals surface area (Å²) in [6, 6.07) is 25.6. The summed E-state index contributed by atoms with van der Waals surface area (Å²) in [5.74, 6) is -1.58. The maximum Gasteiger partial charge on any atom is 0.294 e. The van der Waals surface area contributed by atoms with Crippen molar-refractivity contribution in [3.05, 3.63) is 96.6 Å². The van der Waals surface area contributed by atoms with Crippen molar-refractivity contribution in [2.75, 3.05) is 6.54 Å². The second-order valence-corrected chi connectivity index (χ2v) is 18.3. The molecule has 2 aliphatic carbocycles. The van der Waals surface area contributed by atoms with E-state index in [1.807, 2.05) is 48.5 Å². The predicted octanol–water partition coefficient (Wildman–Crippen LogP) is 6.92. The zero-order valence-corrected chi connectivity index (χ0v) is 31.5. The molecule has 0 bridgehead atoms. The largest absolute Gasteiger partial charge is 0.459 e. The zero-order chi connectivity index (χ0) is 37.5. The number of amides is 2. The van der Waals surface area contributed by atoms with E-state index in [1.54, 1.807) is 11.8 Å². The number of imidazole rings is 1. The predicted molar refractivity (Wildman–Crippen MR) is 207 cm³/mol. The molecule has 282 valence electrons. The van der Waals surface area contributed by atoms with Crippen molar-refractivity contribution in [1.82, 2.24) is 19.6 Å². The van der Waals surface area contributed by atoms with Gasteiger partial charge in [-0.05, 0) is 86.6 Å². The average molecular weight is 749 g/mol. The maximum atomic E-state index is 14.8. The standard InChI is InChI=1S/C43H48N4O6S/c1-42(22-23-42)54(51,52)46-40(50)43-26-33(43)15-9-4-2-3-6-14-32(24-29-18-20-31(21-19-29)30-12-7-5-8-13-30)39(49)47-28-34(25-37(47)38(48)27-43)53-41-44-35-16-10-11-17-36(35)45-41/h5,7-13,15-21,32-34,37H,2-4,6,14,22-28H2,1H3,(H,44,45)(H,46,50)/b15-9-/t32-,33-,34-,37+,43-/m1/s1. The molecule has 1 aromatic heterocycles. The number of carbonyl (C=O) groups is 3. The van der Waals surface area contributed by atoms with Gasteiger partial charge in [-0.25, -0.2) is 8.42 Å². The number of hydrogen-bond donors (Lipinski definition) is 2. The molecule has 2 amide bonds. The van der Waals surface area contributed by atoms with Gasteiger partial charge in [-0.1, -0.05) is 91.7 Å². The van der Waals surface area contributed by atoms with Crippen molar-refractivity contribution in [2.24, 2.45) is 17.3 Å². The highest BCUT2D eigenvalue weighted by atomic mass is 32.2. The van der Waals surface area contributed by atoms with Crippen LogP contribution in [0.15, 0.2) is 91.0 Å². The summed E-state index contributed by atoms with van der Waals surface area (Å²) in [4.78, 5) is 52.7. The van der Waals surface area contributed by atoms with Crippen molar-refractivity contribution < 1.29 is 27.5 Å². The first-order valence-electron chi connectivity index (χ1n) is 19.4. The fourth-order valence-electron chi connectivity index (χ4n) is 8.31. The highest BCUT2D eigenvalue weighted by molar-refractivity contribution is 7.91. The normalized spacial score (nSPS) is 27.6. The Kier molecular flexibility index (Phi) is 9.70. The molecule has 2 saturated carbocycles. The molecule has 2 N–H and O–H groups in total. The quantitative estimate of drug-likeness (QED) is 0.187. The number of ketones is 1. The molecule has 3 aromatic carbocycles. The van der Waals surface area contributed by atoms with Crippen molar-refractivity contribution in [3.63, 3.8) is 0 Å². The van der Waals surface area contributed by atoms with Crippen LogP contribution in [0.25, 0.3) is 22.2 Å². The fourth-order valence-corrected chi connectivity index (χ4v) is 9.64. The van der Waals surface area contributed by atoms with E-state index in [4.69, 9.17) is 4.74 Å². The first kappa shape index (κ1) is 36.2. The van der Waals surface area contributed by atoms with Gasteiger partial charge in [-0.3, -0.25) is 19.1 Å². The van der Waals surface area contributed by atoms with Crippen LogP contribution in [0.5, 0.6) is 6.01 Å². The smallest absolute Gasteiger partial charge is 0.294 e. The van der Waals surface area contributed by atoms with Gasteiger partial charge in [0.25, 0.3) is 6.01 Å². The molecule has 0 unspecified atom stereocenters. The summed E-state index contributed by atoms with van der Waals surface area (Å²) in [6.45, 7) is 1.84. The lowest BCUT2D eigenvalue weighted by Crippen LogP contribution is -2.47. The number of nitrogens with one attached hydrogen (secondary N) is 2. The number of carbonyl (C=O) groups excluding carboxylic acids is 3. The van der Waals surface area contributed by atoms with E-state index in [-0.39, 0.29) is 42.9 Å².